The number of ether oxygens (including phenoxy) is 1. The number of benzodiazepines with no additional fused rings is 1. The van der Waals surface area contributed by atoms with Gasteiger partial charge >= 0.3 is 0 Å². The molecule has 1 fully saturated rings. The number of aliphatic hydroxyl groups is 1. The first-order valence-corrected chi connectivity index (χ1v) is 12.5. The average Bonchev–Trinajstić information content (AvgIpc) is 2.98. The number of carbonyl (C=O) groups excluding carboxylic acids is 2. The number of benzene rings is 2. The lowest BCUT2D eigenvalue weighted by Gasteiger charge is -2.26. The largest absolute Gasteiger partial charge is 0.390 e. The number of rotatable bonds is 7. The first kappa shape index (κ1) is 25.4. The number of aliphatic hydroxyl groups excluding tert-OH is 1. The van der Waals surface area contributed by atoms with Crippen LogP contribution >= 0.6 is 11.6 Å². The highest BCUT2D eigenvalue weighted by Gasteiger charge is 2.33. The number of fused-ring (bicyclic) bond motifs is 1. The molecule has 2 N–H and O–H groups in total. The van der Waals surface area contributed by atoms with E-state index in [-0.39, 0.29) is 18.6 Å². The Morgan fingerprint density at radius 1 is 1.20 bits per heavy atom. The van der Waals surface area contributed by atoms with Gasteiger partial charge in [-0.3, -0.25) is 9.59 Å². The number of nitrogens with zero attached hydrogens (tertiary/aromatic N) is 2. The van der Waals surface area contributed by atoms with E-state index in [0.717, 1.165) is 31.2 Å². The minimum absolute atomic E-state index is 0.0836. The second kappa shape index (κ2) is 11.3. The SMILES string of the molecule is CC(C(=O)NC1N=C(c2ccccc2)c2cc(Cl)ccc2N(C)C1=O)C(O)COC1CCCCC1. The van der Waals surface area contributed by atoms with Gasteiger partial charge in [-0.15, -0.1) is 0 Å². The van der Waals surface area contributed by atoms with Gasteiger partial charge < -0.3 is 20.1 Å². The molecule has 3 unspecified atom stereocenters. The van der Waals surface area contributed by atoms with Crippen LogP contribution in [0.5, 0.6) is 0 Å². The number of anilines is 1. The molecule has 2 aromatic rings. The molecule has 0 radical (unpaired) electrons. The fourth-order valence-electron chi connectivity index (χ4n) is 4.52. The molecule has 35 heavy (non-hydrogen) atoms. The Labute approximate surface area is 211 Å². The number of likely N-dealkylation sites (N-methyl/N-ethyl adjacent to an activating group) is 1. The third kappa shape index (κ3) is 5.92. The van der Waals surface area contributed by atoms with Crippen molar-refractivity contribution in [1.82, 2.24) is 5.32 Å². The Morgan fingerprint density at radius 2 is 1.91 bits per heavy atom. The maximum Gasteiger partial charge on any atom is 0.272 e. The maximum atomic E-state index is 13.3. The van der Waals surface area contributed by atoms with Gasteiger partial charge in [-0.25, -0.2) is 4.99 Å². The number of aliphatic imine (C=N–C) groups is 1. The Morgan fingerprint density at radius 3 is 2.63 bits per heavy atom. The lowest BCUT2D eigenvalue weighted by molar-refractivity contribution is -0.134. The zero-order chi connectivity index (χ0) is 24.9. The van der Waals surface area contributed by atoms with Crippen LogP contribution in [-0.2, 0) is 14.3 Å². The van der Waals surface area contributed by atoms with Crippen LogP contribution in [0.1, 0.15) is 50.2 Å². The van der Waals surface area contributed by atoms with E-state index in [0.29, 0.717) is 22.0 Å². The molecule has 8 heteroatoms. The predicted molar refractivity (Wildman–Crippen MR) is 137 cm³/mol. The Bertz CT molecular complexity index is 1090. The van der Waals surface area contributed by atoms with Crippen LogP contribution in [0.15, 0.2) is 53.5 Å². The quantitative estimate of drug-likeness (QED) is 0.606. The summed E-state index contributed by atoms with van der Waals surface area (Å²) < 4.78 is 5.85. The Kier molecular flexibility index (Phi) is 8.21. The third-order valence-corrected chi connectivity index (χ3v) is 7.00. The van der Waals surface area contributed by atoms with Crippen molar-refractivity contribution in [2.45, 2.75) is 57.4 Å². The maximum absolute atomic E-state index is 13.3. The molecule has 1 aliphatic carbocycles. The van der Waals surface area contributed by atoms with Crippen LogP contribution in [0.3, 0.4) is 0 Å². The highest BCUT2D eigenvalue weighted by molar-refractivity contribution is 6.32. The van der Waals surface area contributed by atoms with E-state index in [2.05, 4.69) is 10.3 Å². The molecular weight excluding hydrogens is 466 g/mol. The second-order valence-corrected chi connectivity index (χ2v) is 9.70. The minimum Gasteiger partial charge on any atom is -0.390 e. The topological polar surface area (TPSA) is 91.2 Å². The summed E-state index contributed by atoms with van der Waals surface area (Å²) in [4.78, 5) is 32.5. The smallest absolute Gasteiger partial charge is 0.272 e. The average molecular weight is 498 g/mol. The van der Waals surface area contributed by atoms with Gasteiger partial charge in [0.05, 0.1) is 36.1 Å². The molecule has 7 nitrogen and oxygen atoms in total. The predicted octanol–water partition coefficient (Wildman–Crippen LogP) is 3.94. The molecular formula is C27H32ClN3O4. The number of amides is 2. The molecule has 0 aromatic heterocycles. The molecule has 1 saturated carbocycles. The minimum atomic E-state index is -1.15. The Hall–Kier alpha value is -2.74. The molecule has 0 spiro atoms. The van der Waals surface area contributed by atoms with Crippen molar-refractivity contribution in [2.24, 2.45) is 10.9 Å². The van der Waals surface area contributed by atoms with Crippen molar-refractivity contribution in [1.29, 1.82) is 0 Å². The van der Waals surface area contributed by atoms with E-state index in [4.69, 9.17) is 16.3 Å². The summed E-state index contributed by atoms with van der Waals surface area (Å²) >= 11 is 6.28. The molecule has 0 bridgehead atoms. The van der Waals surface area contributed by atoms with Gasteiger partial charge in [-0.2, -0.15) is 0 Å². The molecule has 1 aliphatic heterocycles. The third-order valence-electron chi connectivity index (χ3n) is 6.77. The van der Waals surface area contributed by atoms with Crippen LogP contribution in [0.4, 0.5) is 5.69 Å². The molecule has 2 amide bonds. The monoisotopic (exact) mass is 497 g/mol. The number of hydrogen-bond acceptors (Lipinski definition) is 5. The van der Waals surface area contributed by atoms with Crippen molar-refractivity contribution in [3.8, 4) is 0 Å². The van der Waals surface area contributed by atoms with Crippen LogP contribution in [-0.4, -0.2) is 54.7 Å². The van der Waals surface area contributed by atoms with Crippen LogP contribution in [0.2, 0.25) is 5.02 Å². The van der Waals surface area contributed by atoms with Crippen molar-refractivity contribution in [3.63, 3.8) is 0 Å². The van der Waals surface area contributed by atoms with Gasteiger partial charge in [0.25, 0.3) is 5.91 Å². The molecule has 4 rings (SSSR count). The number of hydrogen-bond donors (Lipinski definition) is 2. The zero-order valence-corrected chi connectivity index (χ0v) is 20.9. The summed E-state index contributed by atoms with van der Waals surface area (Å²) in [6.07, 6.45) is 3.44. The summed E-state index contributed by atoms with van der Waals surface area (Å²) in [6, 6.07) is 14.7. The van der Waals surface area contributed by atoms with Crippen LogP contribution < -0.4 is 10.2 Å². The van der Waals surface area contributed by atoms with Gasteiger partial charge in [0.1, 0.15) is 0 Å². The molecule has 186 valence electrons. The van der Waals surface area contributed by atoms with Crippen LogP contribution in [0, 0.1) is 5.92 Å². The summed E-state index contributed by atoms with van der Waals surface area (Å²) in [6.45, 7) is 1.71. The van der Waals surface area contributed by atoms with Crippen molar-refractivity contribution < 1.29 is 19.4 Å². The highest BCUT2D eigenvalue weighted by Crippen LogP contribution is 2.30. The van der Waals surface area contributed by atoms with E-state index < -0.39 is 24.1 Å². The summed E-state index contributed by atoms with van der Waals surface area (Å²) in [7, 11) is 1.65. The van der Waals surface area contributed by atoms with E-state index in [1.165, 1.54) is 11.3 Å². The van der Waals surface area contributed by atoms with Crippen molar-refractivity contribution in [2.75, 3.05) is 18.6 Å². The van der Waals surface area contributed by atoms with E-state index in [9.17, 15) is 14.7 Å². The first-order chi connectivity index (χ1) is 16.8. The Balaban J connectivity index is 1.54. The van der Waals surface area contributed by atoms with E-state index in [1.807, 2.05) is 30.3 Å². The summed E-state index contributed by atoms with van der Waals surface area (Å²) in [5, 5.41) is 13.9. The number of nitrogens with one attached hydrogen (secondary N) is 1. The first-order valence-electron chi connectivity index (χ1n) is 12.2. The zero-order valence-electron chi connectivity index (χ0n) is 20.1. The van der Waals surface area contributed by atoms with Crippen molar-refractivity contribution in [3.05, 3.63) is 64.7 Å². The molecule has 3 atom stereocenters. The van der Waals surface area contributed by atoms with Gasteiger partial charge in [0.2, 0.25) is 12.1 Å². The lowest BCUT2D eigenvalue weighted by Crippen LogP contribution is -2.49. The van der Waals surface area contributed by atoms with Gasteiger partial charge in [-0.1, -0.05) is 68.1 Å². The fraction of sp³-hybridized carbons (Fsp3) is 0.444. The van der Waals surface area contributed by atoms with Gasteiger partial charge in [0, 0.05) is 23.2 Å². The van der Waals surface area contributed by atoms with Gasteiger partial charge in [0.15, 0.2) is 0 Å². The number of carbonyl (C=O) groups is 2. The highest BCUT2D eigenvalue weighted by atomic mass is 35.5. The molecule has 0 saturated heterocycles. The normalized spacial score (nSPS) is 20.5. The number of halogens is 1. The summed E-state index contributed by atoms with van der Waals surface area (Å²) in [5.74, 6) is -1.61. The molecule has 2 aliphatic rings. The lowest BCUT2D eigenvalue weighted by atomic mass is 9.97. The van der Waals surface area contributed by atoms with E-state index in [1.54, 1.807) is 32.2 Å². The molecule has 2 aromatic carbocycles. The van der Waals surface area contributed by atoms with Gasteiger partial charge in [-0.05, 0) is 31.0 Å². The fourth-order valence-corrected chi connectivity index (χ4v) is 4.69. The van der Waals surface area contributed by atoms with Crippen molar-refractivity contribution >= 4 is 34.8 Å². The standard InChI is InChI=1S/C27H32ClN3O4/c1-17(23(32)16-35-20-11-7-4-8-12-20)26(33)30-25-27(34)31(2)22-14-13-19(28)15-21(22)24(29-25)18-9-5-3-6-10-18/h3,5-6,9-10,13-15,17,20,23,25,32H,4,7-8,11-12,16H2,1-2H3,(H,30,33). The second-order valence-electron chi connectivity index (χ2n) is 9.26. The molecule has 1 heterocycles. The van der Waals surface area contributed by atoms with Crippen LogP contribution in [0.25, 0.3) is 0 Å². The summed E-state index contributed by atoms with van der Waals surface area (Å²) in [5.41, 5.74) is 2.70. The van der Waals surface area contributed by atoms with E-state index >= 15 is 0 Å².